The molecule has 3 rings (SSSR count). The van der Waals surface area contributed by atoms with Gasteiger partial charge in [0.1, 0.15) is 18.5 Å². The molecule has 0 amide bonds. The Morgan fingerprint density at radius 2 is 1.98 bits per heavy atom. The summed E-state index contributed by atoms with van der Waals surface area (Å²) < 4.78 is 17.0. The van der Waals surface area contributed by atoms with Gasteiger partial charge in [-0.1, -0.05) is 32.0 Å². The molecule has 1 fully saturated rings. The summed E-state index contributed by atoms with van der Waals surface area (Å²) in [7, 11) is 1.52. The lowest BCUT2D eigenvalue weighted by Gasteiger charge is -2.31. The zero-order valence-electron chi connectivity index (χ0n) is 25.6. The fourth-order valence-electron chi connectivity index (χ4n) is 5.80. The SMILES string of the molecule is CCC(=O)OC1CC(=O)OC(C)CCN(CCCc2ccnc3ccccc23)CC(O)C(C)CC(CC=O)CC1OC. The second-order valence-corrected chi connectivity index (χ2v) is 11.6. The van der Waals surface area contributed by atoms with Gasteiger partial charge < -0.3 is 29.0 Å². The van der Waals surface area contributed by atoms with Gasteiger partial charge in [0.2, 0.25) is 0 Å². The van der Waals surface area contributed by atoms with Gasteiger partial charge in [-0.2, -0.15) is 0 Å². The molecule has 42 heavy (non-hydrogen) atoms. The van der Waals surface area contributed by atoms with Crippen LogP contribution in [0.25, 0.3) is 10.9 Å². The number of fused-ring (bicyclic) bond motifs is 1. The first-order valence-electron chi connectivity index (χ1n) is 15.3. The largest absolute Gasteiger partial charge is 0.463 e. The summed E-state index contributed by atoms with van der Waals surface area (Å²) in [6.07, 6.45) is 4.12. The van der Waals surface area contributed by atoms with Gasteiger partial charge >= 0.3 is 11.9 Å². The summed E-state index contributed by atoms with van der Waals surface area (Å²) in [5.41, 5.74) is 2.23. The average Bonchev–Trinajstić information content (AvgIpc) is 2.97. The highest BCUT2D eigenvalue weighted by Crippen LogP contribution is 2.27. The third-order valence-corrected chi connectivity index (χ3v) is 8.30. The van der Waals surface area contributed by atoms with Gasteiger partial charge in [-0.05, 0) is 75.1 Å². The number of cyclic esters (lactones) is 1. The second kappa shape index (κ2) is 17.3. The Bertz CT molecular complexity index is 1140. The molecular formula is C33H48N2O7. The Morgan fingerprint density at radius 3 is 2.71 bits per heavy atom. The predicted octanol–water partition coefficient (Wildman–Crippen LogP) is 4.51. The molecule has 0 saturated carbocycles. The topological polar surface area (TPSA) is 115 Å². The monoisotopic (exact) mass is 584 g/mol. The zero-order chi connectivity index (χ0) is 30.5. The maximum Gasteiger partial charge on any atom is 0.309 e. The standard InChI is InChI=1S/C33H48N2O7/c1-5-32(38)42-31-21-33(39)41-24(3)13-17-35(16-8-9-26-12-15-34-28-11-7-6-10-27(26)28)22-29(37)23(2)19-25(14-18-36)20-30(31)40-4/h6-7,10-12,15,18,23-25,29-31,37H,5,8-9,13-14,16-17,19-22H2,1-4H3. The minimum Gasteiger partial charge on any atom is -0.463 e. The van der Waals surface area contributed by atoms with Crippen LogP contribution in [-0.2, 0) is 35.0 Å². The normalized spacial score (nSPS) is 27.0. The number of aromatic nitrogens is 1. The van der Waals surface area contributed by atoms with E-state index in [1.54, 1.807) is 6.92 Å². The first kappa shape index (κ1) is 33.6. The van der Waals surface area contributed by atoms with Gasteiger partial charge in [-0.15, -0.1) is 0 Å². The summed E-state index contributed by atoms with van der Waals surface area (Å²) in [6, 6.07) is 10.2. The van der Waals surface area contributed by atoms with Crippen molar-refractivity contribution in [1.29, 1.82) is 0 Å². The van der Waals surface area contributed by atoms with Crippen LogP contribution < -0.4 is 0 Å². The van der Waals surface area contributed by atoms with Crippen molar-refractivity contribution in [1.82, 2.24) is 9.88 Å². The lowest BCUT2D eigenvalue weighted by Crippen LogP contribution is -2.39. The number of carbonyl (C=O) groups excluding carboxylic acids is 3. The number of para-hydroxylation sites is 1. The smallest absolute Gasteiger partial charge is 0.309 e. The van der Waals surface area contributed by atoms with Crippen LogP contribution in [0.5, 0.6) is 0 Å². The zero-order valence-corrected chi connectivity index (χ0v) is 25.6. The van der Waals surface area contributed by atoms with Gasteiger partial charge in [0.05, 0.1) is 24.1 Å². The van der Waals surface area contributed by atoms with E-state index in [2.05, 4.69) is 22.0 Å². The average molecular weight is 585 g/mol. The van der Waals surface area contributed by atoms with Crippen LogP contribution >= 0.6 is 0 Å². The second-order valence-electron chi connectivity index (χ2n) is 11.6. The summed E-state index contributed by atoms with van der Waals surface area (Å²) in [5, 5.41) is 12.4. The van der Waals surface area contributed by atoms with Crippen molar-refractivity contribution in [3.05, 3.63) is 42.1 Å². The van der Waals surface area contributed by atoms with E-state index in [4.69, 9.17) is 14.2 Å². The van der Waals surface area contributed by atoms with E-state index >= 15 is 0 Å². The fourth-order valence-corrected chi connectivity index (χ4v) is 5.80. The number of carbonyl (C=O) groups is 3. The molecule has 2 aromatic rings. The number of rotatable bonds is 9. The van der Waals surface area contributed by atoms with Crippen LogP contribution in [-0.4, -0.2) is 84.4 Å². The highest BCUT2D eigenvalue weighted by atomic mass is 16.6. The molecule has 1 aromatic heterocycles. The molecule has 1 aliphatic rings. The van der Waals surface area contributed by atoms with E-state index in [1.165, 1.54) is 12.7 Å². The number of hydrogen-bond donors (Lipinski definition) is 1. The molecule has 1 saturated heterocycles. The quantitative estimate of drug-likeness (QED) is 0.336. The maximum atomic E-state index is 12.9. The van der Waals surface area contributed by atoms with Crippen LogP contribution in [0.3, 0.4) is 0 Å². The lowest BCUT2D eigenvalue weighted by molar-refractivity contribution is -0.165. The van der Waals surface area contributed by atoms with Crippen molar-refractivity contribution in [2.75, 3.05) is 26.7 Å². The number of pyridine rings is 1. The third kappa shape index (κ3) is 10.4. The number of ether oxygens (including phenoxy) is 3. The van der Waals surface area contributed by atoms with Crippen LogP contribution in [0.15, 0.2) is 36.5 Å². The molecule has 0 aliphatic carbocycles. The van der Waals surface area contributed by atoms with E-state index in [0.29, 0.717) is 32.4 Å². The molecule has 232 valence electrons. The number of β-amino-alcohol motifs (C(OH)–C–C–N with tert-alkyl or cyclic N) is 1. The van der Waals surface area contributed by atoms with Crippen LogP contribution in [0.1, 0.15) is 71.3 Å². The Kier molecular flexibility index (Phi) is 13.8. The molecule has 0 spiro atoms. The van der Waals surface area contributed by atoms with Gasteiger partial charge in [-0.3, -0.25) is 14.6 Å². The Hall–Kier alpha value is -2.88. The fraction of sp³-hybridized carbons (Fsp3) is 0.636. The summed E-state index contributed by atoms with van der Waals surface area (Å²) in [4.78, 5) is 43.4. The first-order valence-corrected chi connectivity index (χ1v) is 15.3. The maximum absolute atomic E-state index is 12.9. The highest BCUT2D eigenvalue weighted by Gasteiger charge is 2.32. The number of hydrogen-bond acceptors (Lipinski definition) is 9. The van der Waals surface area contributed by atoms with Gasteiger partial charge in [0.25, 0.3) is 0 Å². The van der Waals surface area contributed by atoms with Crippen LogP contribution in [0, 0.1) is 11.8 Å². The lowest BCUT2D eigenvalue weighted by atomic mass is 9.85. The van der Waals surface area contributed by atoms with Crippen molar-refractivity contribution in [2.24, 2.45) is 11.8 Å². The van der Waals surface area contributed by atoms with E-state index in [9.17, 15) is 19.5 Å². The number of aliphatic hydroxyl groups is 1. The Labute approximate surface area is 249 Å². The number of aliphatic hydroxyl groups excluding tert-OH is 1. The van der Waals surface area contributed by atoms with Gasteiger partial charge in [0.15, 0.2) is 0 Å². The van der Waals surface area contributed by atoms with Gasteiger partial charge in [0, 0.05) is 44.6 Å². The van der Waals surface area contributed by atoms with Crippen molar-refractivity contribution < 1.29 is 33.7 Å². The van der Waals surface area contributed by atoms with E-state index in [1.807, 2.05) is 38.2 Å². The van der Waals surface area contributed by atoms with E-state index in [0.717, 1.165) is 36.6 Å². The summed E-state index contributed by atoms with van der Waals surface area (Å²) in [6.45, 7) is 7.48. The van der Waals surface area contributed by atoms with Crippen LogP contribution in [0.2, 0.25) is 0 Å². The summed E-state index contributed by atoms with van der Waals surface area (Å²) in [5.74, 6) is -1.05. The number of methoxy groups -OCH3 is 1. The van der Waals surface area contributed by atoms with E-state index in [-0.39, 0.29) is 37.2 Å². The van der Waals surface area contributed by atoms with Gasteiger partial charge in [-0.25, -0.2) is 0 Å². The molecule has 6 atom stereocenters. The first-order chi connectivity index (χ1) is 20.2. The third-order valence-electron chi connectivity index (χ3n) is 8.30. The number of esters is 2. The van der Waals surface area contributed by atoms with Crippen molar-refractivity contribution >= 4 is 29.1 Å². The van der Waals surface area contributed by atoms with E-state index < -0.39 is 30.3 Å². The number of aldehydes is 1. The highest BCUT2D eigenvalue weighted by molar-refractivity contribution is 5.81. The molecular weight excluding hydrogens is 536 g/mol. The summed E-state index contributed by atoms with van der Waals surface area (Å²) >= 11 is 0. The Morgan fingerprint density at radius 1 is 1.19 bits per heavy atom. The minimum atomic E-state index is -0.817. The molecule has 9 nitrogen and oxygen atoms in total. The minimum absolute atomic E-state index is 0.0730. The molecule has 1 aliphatic heterocycles. The number of benzene rings is 1. The molecule has 1 aromatic carbocycles. The number of aryl methyl sites for hydroxylation is 1. The van der Waals surface area contributed by atoms with Crippen LogP contribution in [0.4, 0.5) is 0 Å². The van der Waals surface area contributed by atoms with Crippen molar-refractivity contribution in [3.8, 4) is 0 Å². The molecule has 2 heterocycles. The number of nitrogens with zero attached hydrogens (tertiary/aromatic N) is 2. The molecule has 6 unspecified atom stereocenters. The Balaban J connectivity index is 1.75. The molecule has 9 heteroatoms. The molecule has 1 N–H and O–H groups in total. The molecule has 0 radical (unpaired) electrons. The predicted molar refractivity (Wildman–Crippen MR) is 161 cm³/mol. The van der Waals surface area contributed by atoms with Crippen molar-refractivity contribution in [2.45, 2.75) is 96.6 Å². The van der Waals surface area contributed by atoms with Crippen molar-refractivity contribution in [3.63, 3.8) is 0 Å². The molecule has 0 bridgehead atoms.